The molecule has 0 aliphatic carbocycles. The fourth-order valence-electron chi connectivity index (χ4n) is 2.23. The maximum Gasteiger partial charge on any atom is 0.248 e. The Balaban J connectivity index is 1.63. The number of hydrogen-bond acceptors (Lipinski definition) is 4. The van der Waals surface area contributed by atoms with Crippen LogP contribution in [-0.2, 0) is 6.54 Å². The second-order valence-electron chi connectivity index (χ2n) is 5.14. The summed E-state index contributed by atoms with van der Waals surface area (Å²) in [6, 6.07) is 14.0. The van der Waals surface area contributed by atoms with E-state index in [0.29, 0.717) is 22.4 Å². The third-order valence-corrected chi connectivity index (χ3v) is 3.61. The van der Waals surface area contributed by atoms with E-state index in [1.807, 2.05) is 24.3 Å². The van der Waals surface area contributed by atoms with Crippen LogP contribution in [-0.4, -0.2) is 27.0 Å². The van der Waals surface area contributed by atoms with Crippen LogP contribution < -0.4 is 15.4 Å². The SMILES string of the molecule is COc1ccccc1NC(=S)Nc1ncn(Cc2ccccc2F)n1. The van der Waals surface area contributed by atoms with Gasteiger partial charge in [0.05, 0.1) is 19.3 Å². The van der Waals surface area contributed by atoms with Crippen LogP contribution in [0.5, 0.6) is 5.75 Å². The van der Waals surface area contributed by atoms with Crippen molar-refractivity contribution in [2.45, 2.75) is 6.54 Å². The van der Waals surface area contributed by atoms with Gasteiger partial charge in [0.1, 0.15) is 17.9 Å². The van der Waals surface area contributed by atoms with Gasteiger partial charge in [-0.3, -0.25) is 5.32 Å². The zero-order chi connectivity index (χ0) is 17.6. The minimum absolute atomic E-state index is 0.277. The molecule has 2 aromatic carbocycles. The van der Waals surface area contributed by atoms with Crippen molar-refractivity contribution >= 4 is 29.0 Å². The number of para-hydroxylation sites is 2. The predicted molar refractivity (Wildman–Crippen MR) is 98.4 cm³/mol. The van der Waals surface area contributed by atoms with E-state index < -0.39 is 0 Å². The fraction of sp³-hybridized carbons (Fsp3) is 0.118. The summed E-state index contributed by atoms with van der Waals surface area (Å²) in [5.74, 6) is 0.717. The average molecular weight is 357 g/mol. The minimum Gasteiger partial charge on any atom is -0.495 e. The van der Waals surface area contributed by atoms with Crippen molar-refractivity contribution in [1.82, 2.24) is 14.8 Å². The smallest absolute Gasteiger partial charge is 0.248 e. The molecule has 1 aromatic heterocycles. The van der Waals surface area contributed by atoms with Crippen molar-refractivity contribution in [3.05, 3.63) is 66.2 Å². The first kappa shape index (κ1) is 16.8. The second-order valence-corrected chi connectivity index (χ2v) is 5.54. The van der Waals surface area contributed by atoms with E-state index in [1.54, 1.807) is 25.3 Å². The zero-order valence-corrected chi connectivity index (χ0v) is 14.3. The topological polar surface area (TPSA) is 64.0 Å². The Morgan fingerprint density at radius 1 is 1.16 bits per heavy atom. The molecular formula is C17H16FN5OS. The number of halogens is 1. The average Bonchev–Trinajstić information content (AvgIpc) is 3.04. The summed E-state index contributed by atoms with van der Waals surface area (Å²) in [4.78, 5) is 4.13. The van der Waals surface area contributed by atoms with Crippen LogP contribution in [0, 0.1) is 5.82 Å². The summed E-state index contributed by atoms with van der Waals surface area (Å²) in [5.41, 5.74) is 1.27. The summed E-state index contributed by atoms with van der Waals surface area (Å²) in [6.07, 6.45) is 1.51. The Bertz CT molecular complexity index is 883. The van der Waals surface area contributed by atoms with Crippen molar-refractivity contribution < 1.29 is 9.13 Å². The number of aromatic nitrogens is 3. The number of hydrogen-bond donors (Lipinski definition) is 2. The lowest BCUT2D eigenvalue weighted by atomic mass is 10.2. The molecule has 0 saturated heterocycles. The molecule has 0 atom stereocenters. The third kappa shape index (κ3) is 4.30. The first-order valence-corrected chi connectivity index (χ1v) is 7.90. The van der Waals surface area contributed by atoms with E-state index in [-0.39, 0.29) is 12.4 Å². The number of nitrogens with one attached hydrogen (secondary N) is 2. The van der Waals surface area contributed by atoms with E-state index in [2.05, 4.69) is 20.7 Å². The number of anilines is 2. The molecule has 3 rings (SSSR count). The summed E-state index contributed by atoms with van der Waals surface area (Å²) < 4.78 is 20.5. The first-order valence-electron chi connectivity index (χ1n) is 7.49. The molecule has 6 nitrogen and oxygen atoms in total. The van der Waals surface area contributed by atoms with E-state index in [0.717, 1.165) is 5.69 Å². The predicted octanol–water partition coefficient (Wildman–Crippen LogP) is 3.28. The molecule has 0 amide bonds. The Hall–Kier alpha value is -3.00. The largest absolute Gasteiger partial charge is 0.495 e. The van der Waals surface area contributed by atoms with Gasteiger partial charge in [-0.15, -0.1) is 5.10 Å². The van der Waals surface area contributed by atoms with Crippen molar-refractivity contribution in [1.29, 1.82) is 0 Å². The number of rotatable bonds is 5. The van der Waals surface area contributed by atoms with Gasteiger partial charge >= 0.3 is 0 Å². The van der Waals surface area contributed by atoms with Gasteiger partial charge in [0.2, 0.25) is 5.95 Å². The molecule has 0 unspecified atom stereocenters. The maximum absolute atomic E-state index is 13.7. The lowest BCUT2D eigenvalue weighted by molar-refractivity contribution is 0.417. The van der Waals surface area contributed by atoms with Crippen molar-refractivity contribution in [2.24, 2.45) is 0 Å². The summed E-state index contributed by atoms with van der Waals surface area (Å²) in [7, 11) is 1.59. The van der Waals surface area contributed by atoms with Gasteiger partial charge in [-0.05, 0) is 30.4 Å². The molecule has 0 aliphatic rings. The number of methoxy groups -OCH3 is 1. The zero-order valence-electron chi connectivity index (χ0n) is 13.4. The highest BCUT2D eigenvalue weighted by Gasteiger charge is 2.08. The standard InChI is InChI=1S/C17H16FN5OS/c1-24-15-9-5-4-8-14(15)20-17(25)21-16-19-11-23(22-16)10-12-6-2-3-7-13(12)18/h2-9,11H,10H2,1H3,(H2,20,21,22,25). The Morgan fingerprint density at radius 2 is 1.92 bits per heavy atom. The van der Waals surface area contributed by atoms with E-state index in [4.69, 9.17) is 17.0 Å². The second kappa shape index (κ2) is 7.71. The normalized spacial score (nSPS) is 10.3. The summed E-state index contributed by atoms with van der Waals surface area (Å²) in [5, 5.41) is 10.5. The monoisotopic (exact) mass is 357 g/mol. The van der Waals surface area contributed by atoms with Crippen LogP contribution in [0.15, 0.2) is 54.9 Å². The molecule has 0 saturated carbocycles. The van der Waals surface area contributed by atoms with E-state index >= 15 is 0 Å². The number of thiocarbonyl (C=S) groups is 1. The van der Waals surface area contributed by atoms with Crippen LogP contribution in [0.3, 0.4) is 0 Å². The van der Waals surface area contributed by atoms with Crippen molar-refractivity contribution in [2.75, 3.05) is 17.7 Å². The minimum atomic E-state index is -0.277. The first-order chi connectivity index (χ1) is 12.2. The van der Waals surface area contributed by atoms with Crippen LogP contribution in [0.25, 0.3) is 0 Å². The van der Waals surface area contributed by atoms with E-state index in [9.17, 15) is 4.39 Å². The highest BCUT2D eigenvalue weighted by molar-refractivity contribution is 7.80. The molecule has 0 aliphatic heterocycles. The van der Waals surface area contributed by atoms with Crippen molar-refractivity contribution in [3.63, 3.8) is 0 Å². The Morgan fingerprint density at radius 3 is 2.72 bits per heavy atom. The van der Waals surface area contributed by atoms with Gasteiger partial charge in [0.15, 0.2) is 5.11 Å². The Labute approximate surface area is 149 Å². The molecule has 1 heterocycles. The quantitative estimate of drug-likeness (QED) is 0.683. The third-order valence-electron chi connectivity index (χ3n) is 3.41. The van der Waals surface area contributed by atoms with Crippen LogP contribution >= 0.6 is 12.2 Å². The molecule has 8 heteroatoms. The molecule has 128 valence electrons. The van der Waals surface area contributed by atoms with Gasteiger partial charge in [0.25, 0.3) is 0 Å². The highest BCUT2D eigenvalue weighted by Crippen LogP contribution is 2.23. The fourth-order valence-corrected chi connectivity index (χ4v) is 2.43. The Kier molecular flexibility index (Phi) is 5.20. The summed E-state index contributed by atoms with van der Waals surface area (Å²) >= 11 is 5.26. The van der Waals surface area contributed by atoms with Gasteiger partial charge in [-0.2, -0.15) is 0 Å². The van der Waals surface area contributed by atoms with Gasteiger partial charge < -0.3 is 10.1 Å². The van der Waals surface area contributed by atoms with E-state index in [1.165, 1.54) is 17.1 Å². The van der Waals surface area contributed by atoms with Gasteiger partial charge in [0, 0.05) is 5.56 Å². The van der Waals surface area contributed by atoms with Crippen LogP contribution in [0.2, 0.25) is 0 Å². The molecule has 0 fully saturated rings. The molecule has 25 heavy (non-hydrogen) atoms. The van der Waals surface area contributed by atoms with Gasteiger partial charge in [-0.25, -0.2) is 14.1 Å². The molecule has 0 spiro atoms. The lowest BCUT2D eigenvalue weighted by Crippen LogP contribution is -2.20. The molecule has 0 bridgehead atoms. The molecule has 2 N–H and O–H groups in total. The van der Waals surface area contributed by atoms with Crippen molar-refractivity contribution in [3.8, 4) is 5.75 Å². The molecule has 3 aromatic rings. The molecule has 0 radical (unpaired) electrons. The lowest BCUT2D eigenvalue weighted by Gasteiger charge is -2.11. The number of benzene rings is 2. The van der Waals surface area contributed by atoms with Crippen LogP contribution in [0.4, 0.5) is 16.0 Å². The highest BCUT2D eigenvalue weighted by atomic mass is 32.1. The van der Waals surface area contributed by atoms with Gasteiger partial charge in [-0.1, -0.05) is 30.3 Å². The number of nitrogens with zero attached hydrogens (tertiary/aromatic N) is 3. The molecular weight excluding hydrogens is 341 g/mol. The maximum atomic E-state index is 13.7. The number of ether oxygens (including phenoxy) is 1. The summed E-state index contributed by atoms with van der Waals surface area (Å²) in [6.45, 7) is 0.286. The van der Waals surface area contributed by atoms with Crippen LogP contribution in [0.1, 0.15) is 5.56 Å².